The van der Waals surface area contributed by atoms with Gasteiger partial charge in [-0.3, -0.25) is 9.36 Å². The van der Waals surface area contributed by atoms with Crippen molar-refractivity contribution in [3.8, 4) is 22.8 Å². The average molecular weight is 383 g/mol. The number of nitrogens with zero attached hydrogens (tertiary/aromatic N) is 3. The van der Waals surface area contributed by atoms with Crippen molar-refractivity contribution in [2.75, 3.05) is 6.61 Å². The third-order valence-electron chi connectivity index (χ3n) is 3.86. The standard InChI is InChI=1S/C20H21N3O3S/c1-3-13-26-17-11-9-15(10-12-17)18-21-22-20(27-14(2)19(24)25)23(18)16-7-5-4-6-8-16/h4-12,14H,3,13H2,1-2H3,(H,24,25). The topological polar surface area (TPSA) is 77.2 Å². The highest BCUT2D eigenvalue weighted by Gasteiger charge is 2.21. The average Bonchev–Trinajstić information content (AvgIpc) is 3.10. The van der Waals surface area contributed by atoms with E-state index in [1.807, 2.05) is 59.2 Å². The molecule has 3 aromatic rings. The molecule has 0 spiro atoms. The van der Waals surface area contributed by atoms with Crippen molar-refractivity contribution in [1.29, 1.82) is 0 Å². The lowest BCUT2D eigenvalue weighted by Crippen LogP contribution is -2.12. The van der Waals surface area contributed by atoms with Gasteiger partial charge in [0.25, 0.3) is 0 Å². The first-order chi connectivity index (χ1) is 13.1. The van der Waals surface area contributed by atoms with Gasteiger partial charge in [0.1, 0.15) is 11.0 Å². The van der Waals surface area contributed by atoms with Gasteiger partial charge >= 0.3 is 5.97 Å². The van der Waals surface area contributed by atoms with Crippen molar-refractivity contribution in [2.24, 2.45) is 0 Å². The number of carboxylic acid groups (broad SMARTS) is 1. The zero-order chi connectivity index (χ0) is 19.2. The number of aromatic nitrogens is 3. The minimum Gasteiger partial charge on any atom is -0.494 e. The molecule has 0 amide bonds. The Kier molecular flexibility index (Phi) is 6.13. The Labute approximate surface area is 162 Å². The molecule has 1 aromatic heterocycles. The van der Waals surface area contributed by atoms with Crippen LogP contribution in [0.2, 0.25) is 0 Å². The van der Waals surface area contributed by atoms with Crippen LogP contribution in [0, 0.1) is 0 Å². The maximum absolute atomic E-state index is 11.3. The fourth-order valence-corrected chi connectivity index (χ4v) is 3.27. The number of thioether (sulfide) groups is 1. The van der Waals surface area contributed by atoms with Gasteiger partial charge in [0.05, 0.1) is 6.61 Å². The van der Waals surface area contributed by atoms with E-state index in [9.17, 15) is 9.90 Å². The number of benzene rings is 2. The summed E-state index contributed by atoms with van der Waals surface area (Å²) >= 11 is 1.17. The fraction of sp³-hybridized carbons (Fsp3) is 0.250. The summed E-state index contributed by atoms with van der Waals surface area (Å²) in [4.78, 5) is 11.3. The van der Waals surface area contributed by atoms with Gasteiger partial charge in [-0.25, -0.2) is 0 Å². The molecule has 0 radical (unpaired) electrons. The van der Waals surface area contributed by atoms with Gasteiger partial charge in [0, 0.05) is 11.3 Å². The van der Waals surface area contributed by atoms with Crippen molar-refractivity contribution >= 4 is 17.7 Å². The van der Waals surface area contributed by atoms with Gasteiger partial charge in [-0.15, -0.1) is 10.2 Å². The molecule has 27 heavy (non-hydrogen) atoms. The van der Waals surface area contributed by atoms with E-state index in [2.05, 4.69) is 17.1 Å². The zero-order valence-corrected chi connectivity index (χ0v) is 16.0. The molecule has 6 nitrogen and oxygen atoms in total. The summed E-state index contributed by atoms with van der Waals surface area (Å²) < 4.78 is 7.51. The first-order valence-corrected chi connectivity index (χ1v) is 9.61. The molecule has 0 saturated heterocycles. The van der Waals surface area contributed by atoms with Crippen LogP contribution in [0.15, 0.2) is 59.8 Å². The Morgan fingerprint density at radius 2 is 1.85 bits per heavy atom. The molecule has 0 aliphatic heterocycles. The largest absolute Gasteiger partial charge is 0.494 e. The summed E-state index contributed by atoms with van der Waals surface area (Å²) in [6.07, 6.45) is 0.951. The van der Waals surface area contributed by atoms with E-state index >= 15 is 0 Å². The number of rotatable bonds is 8. The van der Waals surface area contributed by atoms with E-state index in [1.54, 1.807) is 6.92 Å². The van der Waals surface area contributed by atoms with Crippen LogP contribution < -0.4 is 4.74 Å². The lowest BCUT2D eigenvalue weighted by atomic mass is 10.2. The fourth-order valence-electron chi connectivity index (χ4n) is 2.47. The van der Waals surface area contributed by atoms with Crippen molar-refractivity contribution in [3.63, 3.8) is 0 Å². The Bertz CT molecular complexity index is 895. The minimum absolute atomic E-state index is 0.539. The number of carbonyl (C=O) groups is 1. The van der Waals surface area contributed by atoms with Crippen molar-refractivity contribution in [3.05, 3.63) is 54.6 Å². The maximum atomic E-state index is 11.3. The van der Waals surface area contributed by atoms with Crippen LogP contribution in [0.1, 0.15) is 20.3 Å². The Balaban J connectivity index is 2.00. The molecule has 1 unspecified atom stereocenters. The lowest BCUT2D eigenvalue weighted by Gasteiger charge is -2.12. The molecule has 0 saturated carbocycles. The van der Waals surface area contributed by atoms with Gasteiger partial charge in [0.2, 0.25) is 0 Å². The highest BCUT2D eigenvalue weighted by Crippen LogP contribution is 2.30. The highest BCUT2D eigenvalue weighted by molar-refractivity contribution is 8.00. The van der Waals surface area contributed by atoms with Gasteiger partial charge in [-0.2, -0.15) is 0 Å². The molecule has 0 aliphatic carbocycles. The van der Waals surface area contributed by atoms with Crippen LogP contribution in [0.25, 0.3) is 17.1 Å². The van der Waals surface area contributed by atoms with Crippen LogP contribution >= 0.6 is 11.8 Å². The van der Waals surface area contributed by atoms with E-state index in [4.69, 9.17) is 4.74 Å². The SMILES string of the molecule is CCCOc1ccc(-c2nnc(SC(C)C(=O)O)n2-c2ccccc2)cc1. The van der Waals surface area contributed by atoms with E-state index in [1.165, 1.54) is 11.8 Å². The number of carboxylic acids is 1. The smallest absolute Gasteiger partial charge is 0.316 e. The second-order valence-electron chi connectivity index (χ2n) is 5.95. The summed E-state index contributed by atoms with van der Waals surface area (Å²) in [7, 11) is 0. The molecule has 1 N–H and O–H groups in total. The molecular weight excluding hydrogens is 362 g/mol. The van der Waals surface area contributed by atoms with Gasteiger partial charge in [-0.1, -0.05) is 36.9 Å². The van der Waals surface area contributed by atoms with E-state index in [-0.39, 0.29) is 0 Å². The number of para-hydroxylation sites is 1. The summed E-state index contributed by atoms with van der Waals surface area (Å²) in [5.74, 6) is 0.574. The molecule has 0 bridgehead atoms. The summed E-state index contributed by atoms with van der Waals surface area (Å²) in [5.41, 5.74) is 1.76. The number of aliphatic carboxylic acids is 1. The van der Waals surface area contributed by atoms with Crippen molar-refractivity contribution in [1.82, 2.24) is 14.8 Å². The van der Waals surface area contributed by atoms with Crippen LogP contribution in [-0.2, 0) is 4.79 Å². The van der Waals surface area contributed by atoms with E-state index in [0.29, 0.717) is 17.6 Å². The van der Waals surface area contributed by atoms with Crippen LogP contribution in [0.5, 0.6) is 5.75 Å². The monoisotopic (exact) mass is 383 g/mol. The third kappa shape index (κ3) is 4.49. The second-order valence-corrected chi connectivity index (χ2v) is 7.26. The normalized spacial score (nSPS) is 11.9. The summed E-state index contributed by atoms with van der Waals surface area (Å²) in [6, 6.07) is 17.4. The summed E-state index contributed by atoms with van der Waals surface area (Å²) in [6.45, 7) is 4.37. The Morgan fingerprint density at radius 1 is 1.15 bits per heavy atom. The zero-order valence-electron chi connectivity index (χ0n) is 15.2. The number of hydrogen-bond donors (Lipinski definition) is 1. The molecule has 1 heterocycles. The number of hydrogen-bond acceptors (Lipinski definition) is 5. The first-order valence-electron chi connectivity index (χ1n) is 8.73. The first kappa shape index (κ1) is 19.0. The molecule has 140 valence electrons. The predicted octanol–water partition coefficient (Wildman–Crippen LogP) is 4.29. The van der Waals surface area contributed by atoms with Crippen LogP contribution in [-0.4, -0.2) is 37.7 Å². The molecule has 0 fully saturated rings. The van der Waals surface area contributed by atoms with E-state index < -0.39 is 11.2 Å². The molecule has 7 heteroatoms. The molecule has 0 aliphatic rings. The molecule has 3 rings (SSSR count). The van der Waals surface area contributed by atoms with Gasteiger partial charge < -0.3 is 9.84 Å². The molecule has 1 atom stereocenters. The predicted molar refractivity (Wildman–Crippen MR) is 106 cm³/mol. The van der Waals surface area contributed by atoms with Crippen LogP contribution in [0.4, 0.5) is 0 Å². The minimum atomic E-state index is -0.887. The third-order valence-corrected chi connectivity index (χ3v) is 4.89. The van der Waals surface area contributed by atoms with Gasteiger partial charge in [-0.05, 0) is 49.7 Å². The van der Waals surface area contributed by atoms with Crippen molar-refractivity contribution < 1.29 is 14.6 Å². The van der Waals surface area contributed by atoms with E-state index in [0.717, 1.165) is 23.4 Å². The quantitative estimate of drug-likeness (QED) is 0.585. The highest BCUT2D eigenvalue weighted by atomic mass is 32.2. The maximum Gasteiger partial charge on any atom is 0.316 e. The summed E-state index contributed by atoms with van der Waals surface area (Å²) in [5, 5.41) is 17.7. The van der Waals surface area contributed by atoms with Gasteiger partial charge in [0.15, 0.2) is 11.0 Å². The molecular formula is C20H21N3O3S. The van der Waals surface area contributed by atoms with Crippen LogP contribution in [0.3, 0.4) is 0 Å². The molecule has 2 aromatic carbocycles. The Morgan fingerprint density at radius 3 is 2.48 bits per heavy atom. The van der Waals surface area contributed by atoms with Crippen molar-refractivity contribution in [2.45, 2.75) is 30.7 Å². The Hall–Kier alpha value is -2.80. The lowest BCUT2D eigenvalue weighted by molar-refractivity contribution is -0.136. The second kappa shape index (κ2) is 8.73. The number of ether oxygens (including phenoxy) is 1.